The molecule has 0 atom stereocenters. The molecule has 0 heterocycles. The van der Waals surface area contributed by atoms with Crippen molar-refractivity contribution >= 4 is 11.6 Å². The van der Waals surface area contributed by atoms with Gasteiger partial charge in [-0.15, -0.1) is 0 Å². The van der Waals surface area contributed by atoms with Gasteiger partial charge < -0.3 is 16.2 Å². The Hall–Kier alpha value is -2.77. The molecule has 0 spiro atoms. The number of rotatable bonds is 2. The van der Waals surface area contributed by atoms with Crippen LogP contribution in [-0.4, -0.2) is 17.6 Å². The van der Waals surface area contributed by atoms with Gasteiger partial charge >= 0.3 is 0 Å². The molecule has 0 aliphatic rings. The lowest BCUT2D eigenvalue weighted by molar-refractivity contribution is 0.102. The summed E-state index contributed by atoms with van der Waals surface area (Å²) in [4.78, 5) is 12.2. The number of hydrogen-bond acceptors (Lipinski definition) is 3. The number of anilines is 1. The van der Waals surface area contributed by atoms with E-state index in [4.69, 9.17) is 5.73 Å². The summed E-state index contributed by atoms with van der Waals surface area (Å²) in [6.07, 6.45) is 0. The van der Waals surface area contributed by atoms with Gasteiger partial charge in [0, 0.05) is 11.1 Å². The van der Waals surface area contributed by atoms with E-state index < -0.39 is 0 Å². The number of phenolic OH excluding ortho intramolecular Hbond substituents is 1. The van der Waals surface area contributed by atoms with Gasteiger partial charge in [0.1, 0.15) is 5.75 Å². The quantitative estimate of drug-likeness (QED) is 0.739. The first-order chi connectivity index (χ1) is 10.1. The number of carbonyl (C=O) groups is 1. The lowest BCUT2D eigenvalue weighted by Gasteiger charge is -2.09. The van der Waals surface area contributed by atoms with Crippen molar-refractivity contribution in [2.24, 2.45) is 5.73 Å². The summed E-state index contributed by atoms with van der Waals surface area (Å²) >= 11 is 0. The second-order valence-electron chi connectivity index (χ2n) is 4.56. The first-order valence-corrected chi connectivity index (χ1v) is 6.50. The first-order valence-electron chi connectivity index (χ1n) is 6.50. The zero-order chi connectivity index (χ0) is 15.2. The van der Waals surface area contributed by atoms with Crippen molar-refractivity contribution in [3.05, 3.63) is 59.2 Å². The van der Waals surface area contributed by atoms with E-state index in [1.54, 1.807) is 18.2 Å². The maximum atomic E-state index is 12.2. The molecule has 0 bridgehead atoms. The van der Waals surface area contributed by atoms with Gasteiger partial charge in [0.2, 0.25) is 0 Å². The van der Waals surface area contributed by atoms with Crippen molar-refractivity contribution in [3.63, 3.8) is 0 Å². The fraction of sp³-hybridized carbons (Fsp3) is 0.118. The molecular weight excluding hydrogens is 264 g/mol. The highest BCUT2D eigenvalue weighted by molar-refractivity contribution is 6.05. The minimum absolute atomic E-state index is 0.0507. The van der Waals surface area contributed by atoms with Crippen LogP contribution in [-0.2, 0) is 0 Å². The van der Waals surface area contributed by atoms with Gasteiger partial charge in [0.05, 0.1) is 12.2 Å². The van der Waals surface area contributed by atoms with Crippen LogP contribution >= 0.6 is 0 Å². The van der Waals surface area contributed by atoms with Crippen molar-refractivity contribution in [3.8, 4) is 17.6 Å². The summed E-state index contributed by atoms with van der Waals surface area (Å²) in [6.45, 7) is 2.21. The van der Waals surface area contributed by atoms with Gasteiger partial charge in [-0.2, -0.15) is 0 Å². The molecule has 4 heteroatoms. The Bertz CT molecular complexity index is 727. The molecule has 2 aromatic carbocycles. The van der Waals surface area contributed by atoms with E-state index in [9.17, 15) is 9.90 Å². The Morgan fingerprint density at radius 3 is 2.81 bits per heavy atom. The zero-order valence-corrected chi connectivity index (χ0v) is 11.7. The van der Waals surface area contributed by atoms with Crippen molar-refractivity contribution < 1.29 is 9.90 Å². The minimum atomic E-state index is -0.300. The van der Waals surface area contributed by atoms with Crippen molar-refractivity contribution in [2.75, 3.05) is 11.9 Å². The molecule has 4 nitrogen and oxygen atoms in total. The third kappa shape index (κ3) is 3.85. The van der Waals surface area contributed by atoms with E-state index in [0.717, 1.165) is 5.56 Å². The largest absolute Gasteiger partial charge is 0.508 e. The third-order valence-electron chi connectivity index (χ3n) is 2.86. The van der Waals surface area contributed by atoms with Gasteiger partial charge in [0.15, 0.2) is 0 Å². The van der Waals surface area contributed by atoms with Crippen LogP contribution in [0.1, 0.15) is 21.5 Å². The number of carbonyl (C=O) groups excluding carboxylic acids is 1. The molecule has 2 aromatic rings. The van der Waals surface area contributed by atoms with Crippen LogP contribution in [0.25, 0.3) is 0 Å². The monoisotopic (exact) mass is 280 g/mol. The summed E-state index contributed by atoms with van der Waals surface area (Å²) in [6, 6.07) is 11.8. The molecule has 106 valence electrons. The maximum Gasteiger partial charge on any atom is 0.255 e. The van der Waals surface area contributed by atoms with E-state index in [2.05, 4.69) is 17.2 Å². The van der Waals surface area contributed by atoms with Crippen molar-refractivity contribution in [1.29, 1.82) is 0 Å². The summed E-state index contributed by atoms with van der Waals surface area (Å²) in [5.74, 6) is 5.47. The van der Waals surface area contributed by atoms with Gasteiger partial charge in [-0.3, -0.25) is 4.79 Å². The van der Waals surface area contributed by atoms with Crippen LogP contribution in [0.2, 0.25) is 0 Å². The van der Waals surface area contributed by atoms with E-state index in [0.29, 0.717) is 16.8 Å². The lowest BCUT2D eigenvalue weighted by atomic mass is 10.1. The Balaban J connectivity index is 2.29. The van der Waals surface area contributed by atoms with Crippen LogP contribution in [0.4, 0.5) is 5.69 Å². The number of nitrogens with one attached hydrogen (secondary N) is 1. The standard InChI is InChI=1S/C17H16N2O2/c1-12-7-8-16(13(10-12)5-3-9-18)19-17(21)14-4-2-6-15(20)11-14/h2,4,6-8,10-11,20H,9,18H2,1H3,(H,19,21). The Kier molecular flexibility index (Phi) is 4.60. The molecule has 1 amide bonds. The SMILES string of the molecule is Cc1ccc(NC(=O)c2cccc(O)c2)c(C#CCN)c1. The molecule has 0 aliphatic heterocycles. The number of benzene rings is 2. The molecule has 2 rings (SSSR count). The molecule has 0 aliphatic carbocycles. The predicted octanol–water partition coefficient (Wildman–Crippen LogP) is 2.26. The Morgan fingerprint density at radius 1 is 1.29 bits per heavy atom. The van der Waals surface area contributed by atoms with Gasteiger partial charge in [0.25, 0.3) is 5.91 Å². The molecule has 0 saturated carbocycles. The van der Waals surface area contributed by atoms with Gasteiger partial charge in [-0.25, -0.2) is 0 Å². The number of hydrogen-bond donors (Lipinski definition) is 3. The van der Waals surface area contributed by atoms with Gasteiger partial charge in [-0.05, 0) is 42.8 Å². The maximum absolute atomic E-state index is 12.2. The molecule has 21 heavy (non-hydrogen) atoms. The summed E-state index contributed by atoms with van der Waals surface area (Å²) in [5.41, 5.74) is 8.15. The summed E-state index contributed by atoms with van der Waals surface area (Å²) in [5, 5.41) is 12.2. The fourth-order valence-electron chi connectivity index (χ4n) is 1.86. The number of nitrogens with two attached hydrogens (primary N) is 1. The molecule has 0 radical (unpaired) electrons. The highest BCUT2D eigenvalue weighted by atomic mass is 16.3. The highest BCUT2D eigenvalue weighted by Crippen LogP contribution is 2.18. The summed E-state index contributed by atoms with van der Waals surface area (Å²) in [7, 11) is 0. The number of aromatic hydroxyl groups is 1. The van der Waals surface area contributed by atoms with E-state index >= 15 is 0 Å². The topological polar surface area (TPSA) is 75.3 Å². The molecule has 4 N–H and O–H groups in total. The Labute approximate surface area is 123 Å². The number of phenols is 1. The highest BCUT2D eigenvalue weighted by Gasteiger charge is 2.09. The predicted molar refractivity (Wildman–Crippen MR) is 83.2 cm³/mol. The van der Waals surface area contributed by atoms with Crippen LogP contribution in [0.5, 0.6) is 5.75 Å². The minimum Gasteiger partial charge on any atom is -0.508 e. The van der Waals surface area contributed by atoms with Crippen molar-refractivity contribution in [1.82, 2.24) is 0 Å². The normalized spacial score (nSPS) is 9.62. The lowest BCUT2D eigenvalue weighted by Crippen LogP contribution is -2.12. The number of aryl methyl sites for hydroxylation is 1. The van der Waals surface area contributed by atoms with E-state index in [1.165, 1.54) is 12.1 Å². The second kappa shape index (κ2) is 6.60. The third-order valence-corrected chi connectivity index (χ3v) is 2.86. The average Bonchev–Trinajstić information content (AvgIpc) is 2.47. The molecule has 0 aromatic heterocycles. The van der Waals surface area contributed by atoms with E-state index in [1.807, 2.05) is 19.1 Å². The molecule has 0 unspecified atom stereocenters. The molecular formula is C17H16N2O2. The molecule has 0 fully saturated rings. The average molecular weight is 280 g/mol. The smallest absolute Gasteiger partial charge is 0.255 e. The Morgan fingerprint density at radius 2 is 2.10 bits per heavy atom. The van der Waals surface area contributed by atoms with E-state index in [-0.39, 0.29) is 18.2 Å². The van der Waals surface area contributed by atoms with Crippen LogP contribution in [0, 0.1) is 18.8 Å². The number of amides is 1. The second-order valence-corrected chi connectivity index (χ2v) is 4.56. The summed E-state index contributed by atoms with van der Waals surface area (Å²) < 4.78 is 0. The fourth-order valence-corrected chi connectivity index (χ4v) is 1.86. The van der Waals surface area contributed by atoms with Gasteiger partial charge in [-0.1, -0.05) is 24.0 Å². The van der Waals surface area contributed by atoms with Crippen LogP contribution in [0.3, 0.4) is 0 Å². The van der Waals surface area contributed by atoms with Crippen LogP contribution < -0.4 is 11.1 Å². The zero-order valence-electron chi connectivity index (χ0n) is 11.7. The van der Waals surface area contributed by atoms with Crippen LogP contribution in [0.15, 0.2) is 42.5 Å². The van der Waals surface area contributed by atoms with Crippen molar-refractivity contribution in [2.45, 2.75) is 6.92 Å². The first kappa shape index (κ1) is 14.6. The molecule has 0 saturated heterocycles.